The lowest BCUT2D eigenvalue weighted by atomic mass is 10.3. The minimum Gasteiger partial charge on any atom is -0.466 e. The van der Waals surface area contributed by atoms with Crippen LogP contribution in [0.5, 0.6) is 0 Å². The topological polar surface area (TPSA) is 86.1 Å². The Bertz CT molecular complexity index is 710. The van der Waals surface area contributed by atoms with Crippen molar-refractivity contribution in [3.8, 4) is 0 Å². The summed E-state index contributed by atoms with van der Waals surface area (Å²) < 4.78 is 7.12. The molecule has 1 N–H and O–H groups in total. The van der Waals surface area contributed by atoms with Crippen LogP contribution in [0.1, 0.15) is 28.8 Å². The Hall–Kier alpha value is -1.74. The second kappa shape index (κ2) is 7.01. The molecule has 22 heavy (non-hydrogen) atoms. The number of thiazole rings is 1. The van der Waals surface area contributed by atoms with Gasteiger partial charge in [-0.3, -0.25) is 19.6 Å². The molecule has 7 nitrogen and oxygen atoms in total. The molecule has 0 fully saturated rings. The molecule has 0 atom stereocenters. The standard InChI is InChI=1S/C13H15BrN4O3S/c1-4-21-9(19)5-8-6-22-13(15-8)16-12(20)11-10(14)7(2)18(3)17-11/h6H,4-5H2,1-3H3,(H,15,16,20). The van der Waals surface area contributed by atoms with E-state index in [9.17, 15) is 9.59 Å². The third kappa shape index (κ3) is 3.72. The van der Waals surface area contributed by atoms with E-state index in [1.165, 1.54) is 11.3 Å². The van der Waals surface area contributed by atoms with Gasteiger partial charge in [-0.05, 0) is 29.8 Å². The van der Waals surface area contributed by atoms with Crippen molar-refractivity contribution in [1.82, 2.24) is 14.8 Å². The predicted molar refractivity (Wildman–Crippen MR) is 86.0 cm³/mol. The zero-order chi connectivity index (χ0) is 16.3. The zero-order valence-corrected chi connectivity index (χ0v) is 14.7. The minimum absolute atomic E-state index is 0.0899. The number of amides is 1. The van der Waals surface area contributed by atoms with Gasteiger partial charge in [0.2, 0.25) is 0 Å². The van der Waals surface area contributed by atoms with Gasteiger partial charge in [0.05, 0.1) is 28.9 Å². The Kier molecular flexibility index (Phi) is 5.30. The maximum absolute atomic E-state index is 12.2. The number of halogens is 1. The number of hydrogen-bond donors (Lipinski definition) is 1. The summed E-state index contributed by atoms with van der Waals surface area (Å²) in [5.74, 6) is -0.693. The highest BCUT2D eigenvalue weighted by Gasteiger charge is 2.19. The summed E-state index contributed by atoms with van der Waals surface area (Å²) in [6.45, 7) is 3.94. The molecule has 0 bridgehead atoms. The highest BCUT2D eigenvalue weighted by atomic mass is 79.9. The quantitative estimate of drug-likeness (QED) is 0.796. The third-order valence-corrected chi connectivity index (χ3v) is 4.63. The SMILES string of the molecule is CCOC(=O)Cc1csc(NC(=O)c2nn(C)c(C)c2Br)n1. The van der Waals surface area contributed by atoms with E-state index in [0.29, 0.717) is 27.6 Å². The number of ether oxygens (including phenoxy) is 1. The molecule has 2 rings (SSSR count). The smallest absolute Gasteiger partial charge is 0.311 e. The summed E-state index contributed by atoms with van der Waals surface area (Å²) in [7, 11) is 1.76. The molecule has 0 aliphatic carbocycles. The van der Waals surface area contributed by atoms with E-state index in [1.54, 1.807) is 24.0 Å². The molecule has 1 amide bonds. The number of rotatable bonds is 5. The van der Waals surface area contributed by atoms with Crippen LogP contribution in [-0.2, 0) is 23.0 Å². The zero-order valence-electron chi connectivity index (χ0n) is 12.3. The van der Waals surface area contributed by atoms with Gasteiger partial charge in [-0.1, -0.05) is 0 Å². The fourth-order valence-electron chi connectivity index (χ4n) is 1.69. The number of esters is 1. The van der Waals surface area contributed by atoms with Gasteiger partial charge in [0.25, 0.3) is 5.91 Å². The Morgan fingerprint density at radius 1 is 1.50 bits per heavy atom. The lowest BCUT2D eigenvalue weighted by Crippen LogP contribution is -2.14. The molecular formula is C13H15BrN4O3S. The average Bonchev–Trinajstić information content (AvgIpc) is 2.99. The number of anilines is 1. The molecule has 2 heterocycles. The second-order valence-electron chi connectivity index (χ2n) is 4.45. The average molecular weight is 387 g/mol. The molecular weight excluding hydrogens is 372 g/mol. The number of carbonyl (C=O) groups excluding carboxylic acids is 2. The number of hydrogen-bond acceptors (Lipinski definition) is 6. The molecule has 0 radical (unpaired) electrons. The van der Waals surface area contributed by atoms with E-state index < -0.39 is 0 Å². The highest BCUT2D eigenvalue weighted by molar-refractivity contribution is 9.10. The summed E-state index contributed by atoms with van der Waals surface area (Å²) >= 11 is 4.60. The van der Waals surface area contributed by atoms with Crippen molar-refractivity contribution in [3.63, 3.8) is 0 Å². The number of nitrogens with zero attached hydrogens (tertiary/aromatic N) is 3. The van der Waals surface area contributed by atoms with Crippen LogP contribution in [0.25, 0.3) is 0 Å². The number of nitrogens with one attached hydrogen (secondary N) is 1. The first-order valence-electron chi connectivity index (χ1n) is 6.52. The van der Waals surface area contributed by atoms with Crippen molar-refractivity contribution in [3.05, 3.63) is 26.9 Å². The van der Waals surface area contributed by atoms with Crippen LogP contribution >= 0.6 is 27.3 Å². The van der Waals surface area contributed by atoms with Crippen LogP contribution in [0.15, 0.2) is 9.85 Å². The van der Waals surface area contributed by atoms with Gasteiger partial charge >= 0.3 is 5.97 Å². The van der Waals surface area contributed by atoms with E-state index in [-0.39, 0.29) is 18.3 Å². The third-order valence-electron chi connectivity index (χ3n) is 2.88. The molecule has 0 spiro atoms. The Morgan fingerprint density at radius 3 is 2.82 bits per heavy atom. The molecule has 9 heteroatoms. The highest BCUT2D eigenvalue weighted by Crippen LogP contribution is 2.22. The minimum atomic E-state index is -0.354. The Labute approximate surface area is 139 Å². The van der Waals surface area contributed by atoms with Crippen LogP contribution in [0.2, 0.25) is 0 Å². The normalized spacial score (nSPS) is 10.5. The predicted octanol–water partition coefficient (Wildman–Crippen LogP) is 2.31. The lowest BCUT2D eigenvalue weighted by Gasteiger charge is -1.99. The van der Waals surface area contributed by atoms with Crippen LogP contribution in [0.4, 0.5) is 5.13 Å². The van der Waals surface area contributed by atoms with Crippen LogP contribution < -0.4 is 5.32 Å². The van der Waals surface area contributed by atoms with Crippen LogP contribution in [0, 0.1) is 6.92 Å². The van der Waals surface area contributed by atoms with Gasteiger partial charge in [0.1, 0.15) is 0 Å². The number of aromatic nitrogens is 3. The van der Waals surface area contributed by atoms with Crippen molar-refractivity contribution in [2.45, 2.75) is 20.3 Å². The van der Waals surface area contributed by atoms with E-state index in [0.717, 1.165) is 5.69 Å². The van der Waals surface area contributed by atoms with E-state index in [2.05, 4.69) is 31.3 Å². The summed E-state index contributed by atoms with van der Waals surface area (Å²) in [6, 6.07) is 0. The maximum Gasteiger partial charge on any atom is 0.311 e. The molecule has 0 unspecified atom stereocenters. The first-order valence-corrected chi connectivity index (χ1v) is 8.20. The van der Waals surface area contributed by atoms with Gasteiger partial charge in [0, 0.05) is 12.4 Å². The van der Waals surface area contributed by atoms with Crippen LogP contribution in [-0.4, -0.2) is 33.2 Å². The molecule has 0 aliphatic rings. The molecule has 2 aromatic heterocycles. The van der Waals surface area contributed by atoms with E-state index in [1.807, 2.05) is 6.92 Å². The van der Waals surface area contributed by atoms with Gasteiger partial charge in [-0.2, -0.15) is 5.10 Å². The second-order valence-corrected chi connectivity index (χ2v) is 6.10. The summed E-state index contributed by atoms with van der Waals surface area (Å²) in [5.41, 5.74) is 1.71. The van der Waals surface area contributed by atoms with Crippen molar-refractivity contribution in [2.24, 2.45) is 7.05 Å². The van der Waals surface area contributed by atoms with Gasteiger partial charge < -0.3 is 4.74 Å². The van der Waals surface area contributed by atoms with Crippen molar-refractivity contribution < 1.29 is 14.3 Å². The molecule has 0 saturated carbocycles. The van der Waals surface area contributed by atoms with E-state index in [4.69, 9.17) is 4.74 Å². The first kappa shape index (κ1) is 16.6. The van der Waals surface area contributed by atoms with Gasteiger partial charge in [0.15, 0.2) is 10.8 Å². The summed E-state index contributed by atoms with van der Waals surface area (Å²) in [4.78, 5) is 27.8. The fourth-order valence-corrected chi connectivity index (χ4v) is 2.91. The van der Waals surface area contributed by atoms with Crippen molar-refractivity contribution in [2.75, 3.05) is 11.9 Å². The summed E-state index contributed by atoms with van der Waals surface area (Å²) in [6.07, 6.45) is 0.0899. The monoisotopic (exact) mass is 386 g/mol. The largest absolute Gasteiger partial charge is 0.466 e. The fraction of sp³-hybridized carbons (Fsp3) is 0.385. The maximum atomic E-state index is 12.2. The number of aryl methyl sites for hydroxylation is 1. The molecule has 0 aliphatic heterocycles. The molecule has 2 aromatic rings. The van der Waals surface area contributed by atoms with E-state index >= 15 is 0 Å². The first-order chi connectivity index (χ1) is 10.4. The Morgan fingerprint density at radius 2 is 2.23 bits per heavy atom. The summed E-state index contributed by atoms with van der Waals surface area (Å²) in [5, 5.41) is 8.95. The van der Waals surface area contributed by atoms with Crippen molar-refractivity contribution >= 4 is 44.3 Å². The molecule has 118 valence electrons. The van der Waals surface area contributed by atoms with Crippen LogP contribution in [0.3, 0.4) is 0 Å². The Balaban J connectivity index is 2.05. The van der Waals surface area contributed by atoms with Crippen molar-refractivity contribution in [1.29, 1.82) is 0 Å². The van der Waals surface area contributed by atoms with Gasteiger partial charge in [-0.15, -0.1) is 11.3 Å². The number of carbonyl (C=O) groups is 2. The van der Waals surface area contributed by atoms with Gasteiger partial charge in [-0.25, -0.2) is 4.98 Å². The lowest BCUT2D eigenvalue weighted by molar-refractivity contribution is -0.142. The molecule has 0 saturated heterocycles. The molecule has 0 aromatic carbocycles.